The van der Waals surface area contributed by atoms with Crippen molar-refractivity contribution in [2.45, 2.75) is 19.8 Å². The predicted molar refractivity (Wildman–Crippen MR) is 64.1 cm³/mol. The molecule has 88 valence electrons. The molecule has 16 heavy (non-hydrogen) atoms. The molecule has 0 radical (unpaired) electrons. The van der Waals surface area contributed by atoms with Gasteiger partial charge in [-0.3, -0.25) is 9.78 Å². The van der Waals surface area contributed by atoms with Gasteiger partial charge in [-0.25, -0.2) is 0 Å². The molecule has 0 bridgehead atoms. The minimum atomic E-state index is 0.0448. The molecular weight excluding hydrogens is 202 g/mol. The van der Waals surface area contributed by atoms with E-state index in [9.17, 15) is 4.79 Å². The Kier molecular flexibility index (Phi) is 5.50. The number of carbonyl (C=O) groups is 1. The first-order valence-corrected chi connectivity index (χ1v) is 5.69. The fourth-order valence-corrected chi connectivity index (χ4v) is 1.54. The van der Waals surface area contributed by atoms with E-state index in [0.29, 0.717) is 12.1 Å². The van der Waals surface area contributed by atoms with Crippen LogP contribution in [0.25, 0.3) is 0 Å². The average Bonchev–Trinajstić information content (AvgIpc) is 2.35. The minimum absolute atomic E-state index is 0.0448. The summed E-state index contributed by atoms with van der Waals surface area (Å²) in [5.41, 5.74) is 6.11. The third kappa shape index (κ3) is 3.62. The van der Waals surface area contributed by atoms with Gasteiger partial charge in [-0.2, -0.15) is 0 Å². The first-order chi connectivity index (χ1) is 7.79. The van der Waals surface area contributed by atoms with Crippen LogP contribution in [0.3, 0.4) is 0 Å². The van der Waals surface area contributed by atoms with E-state index in [1.165, 1.54) is 0 Å². The Morgan fingerprint density at radius 2 is 2.31 bits per heavy atom. The summed E-state index contributed by atoms with van der Waals surface area (Å²) in [6.45, 7) is 4.16. The smallest absolute Gasteiger partial charge is 0.255 e. The third-order valence-electron chi connectivity index (χ3n) is 2.32. The second-order valence-corrected chi connectivity index (χ2v) is 3.68. The number of hydrogen-bond donors (Lipinski definition) is 1. The van der Waals surface area contributed by atoms with Gasteiger partial charge in [-0.1, -0.05) is 6.92 Å². The number of pyridine rings is 1. The molecule has 2 N–H and O–H groups in total. The maximum atomic E-state index is 12.1. The first kappa shape index (κ1) is 12.6. The molecule has 0 aromatic carbocycles. The largest absolute Gasteiger partial charge is 0.339 e. The van der Waals surface area contributed by atoms with Crippen LogP contribution in [0.15, 0.2) is 24.5 Å². The molecule has 0 spiro atoms. The summed E-state index contributed by atoms with van der Waals surface area (Å²) in [4.78, 5) is 17.9. The van der Waals surface area contributed by atoms with Gasteiger partial charge in [0.25, 0.3) is 5.91 Å². The Labute approximate surface area is 96.5 Å². The molecule has 4 nitrogen and oxygen atoms in total. The van der Waals surface area contributed by atoms with E-state index in [0.717, 1.165) is 25.9 Å². The van der Waals surface area contributed by atoms with Crippen molar-refractivity contribution in [3.63, 3.8) is 0 Å². The van der Waals surface area contributed by atoms with Crippen molar-refractivity contribution in [3.8, 4) is 0 Å². The molecule has 1 aromatic heterocycles. The molecule has 1 amide bonds. The van der Waals surface area contributed by atoms with Gasteiger partial charge in [-0.05, 0) is 31.5 Å². The average molecular weight is 221 g/mol. The van der Waals surface area contributed by atoms with Gasteiger partial charge < -0.3 is 10.6 Å². The normalized spacial score (nSPS) is 10.1. The second-order valence-electron chi connectivity index (χ2n) is 3.68. The Hall–Kier alpha value is -1.42. The summed E-state index contributed by atoms with van der Waals surface area (Å²) in [7, 11) is 0. The summed E-state index contributed by atoms with van der Waals surface area (Å²) in [5, 5.41) is 0. The Morgan fingerprint density at radius 1 is 1.50 bits per heavy atom. The topological polar surface area (TPSA) is 59.2 Å². The van der Waals surface area contributed by atoms with Gasteiger partial charge in [0.1, 0.15) is 0 Å². The highest BCUT2D eigenvalue weighted by Gasteiger charge is 2.13. The highest BCUT2D eigenvalue weighted by Crippen LogP contribution is 2.04. The maximum Gasteiger partial charge on any atom is 0.255 e. The zero-order valence-corrected chi connectivity index (χ0v) is 9.72. The van der Waals surface area contributed by atoms with Crippen LogP contribution in [-0.2, 0) is 0 Å². The number of rotatable bonds is 6. The molecule has 0 saturated heterocycles. The van der Waals surface area contributed by atoms with E-state index in [2.05, 4.69) is 11.9 Å². The lowest BCUT2D eigenvalue weighted by Crippen LogP contribution is -2.33. The standard InChI is InChI=1S/C12H19N3O/c1-2-8-15(9-4-6-13)12(16)11-5-3-7-14-10-11/h3,5,7,10H,2,4,6,8-9,13H2,1H3. The number of amides is 1. The van der Waals surface area contributed by atoms with Gasteiger partial charge in [0.05, 0.1) is 5.56 Å². The molecule has 0 unspecified atom stereocenters. The molecule has 0 fully saturated rings. The van der Waals surface area contributed by atoms with Crippen molar-refractivity contribution >= 4 is 5.91 Å². The summed E-state index contributed by atoms with van der Waals surface area (Å²) < 4.78 is 0. The minimum Gasteiger partial charge on any atom is -0.339 e. The SMILES string of the molecule is CCCN(CCCN)C(=O)c1cccnc1. The highest BCUT2D eigenvalue weighted by molar-refractivity contribution is 5.93. The van der Waals surface area contributed by atoms with Crippen LogP contribution < -0.4 is 5.73 Å². The first-order valence-electron chi connectivity index (χ1n) is 5.69. The lowest BCUT2D eigenvalue weighted by atomic mass is 10.2. The quantitative estimate of drug-likeness (QED) is 0.787. The van der Waals surface area contributed by atoms with Crippen molar-refractivity contribution in [1.29, 1.82) is 0 Å². The summed E-state index contributed by atoms with van der Waals surface area (Å²) in [5.74, 6) is 0.0448. The molecule has 0 atom stereocenters. The van der Waals surface area contributed by atoms with Crippen molar-refractivity contribution in [3.05, 3.63) is 30.1 Å². The number of aromatic nitrogens is 1. The van der Waals surface area contributed by atoms with Crippen molar-refractivity contribution in [2.24, 2.45) is 5.73 Å². The zero-order chi connectivity index (χ0) is 11.8. The van der Waals surface area contributed by atoms with Crippen LogP contribution in [0.4, 0.5) is 0 Å². The zero-order valence-electron chi connectivity index (χ0n) is 9.72. The lowest BCUT2D eigenvalue weighted by Gasteiger charge is -2.21. The van der Waals surface area contributed by atoms with Gasteiger partial charge in [0.2, 0.25) is 0 Å². The summed E-state index contributed by atoms with van der Waals surface area (Å²) >= 11 is 0. The summed E-state index contributed by atoms with van der Waals surface area (Å²) in [6.07, 6.45) is 5.07. The van der Waals surface area contributed by atoms with E-state index < -0.39 is 0 Å². The van der Waals surface area contributed by atoms with Crippen molar-refractivity contribution in [2.75, 3.05) is 19.6 Å². The summed E-state index contributed by atoms with van der Waals surface area (Å²) in [6, 6.07) is 3.57. The van der Waals surface area contributed by atoms with Crippen LogP contribution in [0.1, 0.15) is 30.1 Å². The lowest BCUT2D eigenvalue weighted by molar-refractivity contribution is 0.0754. The number of carbonyl (C=O) groups excluding carboxylic acids is 1. The number of hydrogen-bond acceptors (Lipinski definition) is 3. The Balaban J connectivity index is 2.67. The van der Waals surface area contributed by atoms with Crippen molar-refractivity contribution < 1.29 is 4.79 Å². The van der Waals surface area contributed by atoms with E-state index in [4.69, 9.17) is 5.73 Å². The molecule has 4 heteroatoms. The van der Waals surface area contributed by atoms with E-state index >= 15 is 0 Å². The predicted octanol–water partition coefficient (Wildman–Crippen LogP) is 1.28. The molecule has 0 aliphatic heterocycles. The molecule has 0 saturated carbocycles. The molecule has 1 heterocycles. The number of nitrogens with two attached hydrogens (primary N) is 1. The van der Waals surface area contributed by atoms with Crippen LogP contribution in [-0.4, -0.2) is 35.4 Å². The van der Waals surface area contributed by atoms with Crippen LogP contribution >= 0.6 is 0 Å². The third-order valence-corrected chi connectivity index (χ3v) is 2.32. The fraction of sp³-hybridized carbons (Fsp3) is 0.500. The molecule has 1 rings (SSSR count). The van der Waals surface area contributed by atoms with Gasteiger partial charge >= 0.3 is 0 Å². The second kappa shape index (κ2) is 6.95. The van der Waals surface area contributed by atoms with E-state index in [-0.39, 0.29) is 5.91 Å². The molecule has 1 aromatic rings. The van der Waals surface area contributed by atoms with Crippen molar-refractivity contribution in [1.82, 2.24) is 9.88 Å². The Morgan fingerprint density at radius 3 is 2.88 bits per heavy atom. The molecule has 0 aliphatic rings. The molecular formula is C12H19N3O. The van der Waals surface area contributed by atoms with Gasteiger partial charge in [0, 0.05) is 25.5 Å². The van der Waals surface area contributed by atoms with Gasteiger partial charge in [0.15, 0.2) is 0 Å². The van der Waals surface area contributed by atoms with E-state index in [1.807, 2.05) is 4.90 Å². The maximum absolute atomic E-state index is 12.1. The van der Waals surface area contributed by atoms with Crippen LogP contribution in [0.5, 0.6) is 0 Å². The van der Waals surface area contributed by atoms with Crippen LogP contribution in [0.2, 0.25) is 0 Å². The van der Waals surface area contributed by atoms with Crippen LogP contribution in [0, 0.1) is 0 Å². The fourth-order valence-electron chi connectivity index (χ4n) is 1.54. The Bertz CT molecular complexity index is 313. The monoisotopic (exact) mass is 221 g/mol. The van der Waals surface area contributed by atoms with E-state index in [1.54, 1.807) is 24.5 Å². The number of nitrogens with zero attached hydrogens (tertiary/aromatic N) is 2. The molecule has 0 aliphatic carbocycles. The van der Waals surface area contributed by atoms with Gasteiger partial charge in [-0.15, -0.1) is 0 Å². The highest BCUT2D eigenvalue weighted by atomic mass is 16.2.